The fourth-order valence-electron chi connectivity index (χ4n) is 1.74. The van der Waals surface area contributed by atoms with Crippen LogP contribution >= 0.6 is 0 Å². The van der Waals surface area contributed by atoms with E-state index in [9.17, 15) is 0 Å². The van der Waals surface area contributed by atoms with Crippen LogP contribution in [0.5, 0.6) is 0 Å². The van der Waals surface area contributed by atoms with Gasteiger partial charge in [0.2, 0.25) is 0 Å². The Bertz CT molecular complexity index is 268. The molecule has 0 saturated heterocycles. The third-order valence-electron chi connectivity index (χ3n) is 2.71. The Hall–Kier alpha value is 0.815. The monoisotopic (exact) mass is 352 g/mol. The van der Waals surface area contributed by atoms with Crippen LogP contribution in [-0.4, -0.2) is 67.8 Å². The molecule has 0 amide bonds. The summed E-state index contributed by atoms with van der Waals surface area (Å²) in [7, 11) is -6.83. The van der Waals surface area contributed by atoms with Gasteiger partial charge < -0.3 is 15.1 Å². The van der Waals surface area contributed by atoms with Crippen molar-refractivity contribution in [3.63, 3.8) is 0 Å². The van der Waals surface area contributed by atoms with Crippen LogP contribution in [-0.2, 0) is 10.4 Å². The van der Waals surface area contributed by atoms with Crippen LogP contribution in [0.3, 0.4) is 0 Å². The van der Waals surface area contributed by atoms with E-state index in [0.29, 0.717) is 0 Å². The maximum absolute atomic E-state index is 8.74. The molecule has 130 valence electrons. The van der Waals surface area contributed by atoms with Crippen molar-refractivity contribution in [2.75, 3.05) is 0 Å². The Balaban J connectivity index is -0.000000330. The zero-order valence-corrected chi connectivity index (χ0v) is 16.6. The molecule has 0 aromatic rings. The fourth-order valence-corrected chi connectivity index (χ4v) is 2.24. The second-order valence-electron chi connectivity index (χ2n) is 4.98. The zero-order chi connectivity index (χ0) is 17.9. The summed E-state index contributed by atoms with van der Waals surface area (Å²) in [4.78, 5) is 0. The third kappa shape index (κ3) is 69.9. The molecular formula is C12H30BNaO7S. The van der Waals surface area contributed by atoms with Crippen molar-refractivity contribution in [2.45, 2.75) is 74.8 Å². The van der Waals surface area contributed by atoms with E-state index in [0.717, 1.165) is 0 Å². The molecule has 0 radical (unpaired) electrons. The normalized spacial score (nSPS) is 10.2. The molecule has 22 heavy (non-hydrogen) atoms. The largest absolute Gasteiger partial charge is 0.631 e. The average molecular weight is 352 g/mol. The van der Waals surface area contributed by atoms with Gasteiger partial charge in [0, 0.05) is 0 Å². The Kier molecular flexibility index (Phi) is 27.4. The Morgan fingerprint density at radius 2 is 1.00 bits per heavy atom. The predicted molar refractivity (Wildman–Crippen MR) is 89.0 cm³/mol. The van der Waals surface area contributed by atoms with Crippen molar-refractivity contribution in [3.8, 4) is 0 Å². The maximum atomic E-state index is 8.74. The summed E-state index contributed by atoms with van der Waals surface area (Å²) in [6.07, 6.45) is 14.7. The van der Waals surface area contributed by atoms with Crippen LogP contribution in [0.1, 0.15) is 71.1 Å². The minimum absolute atomic E-state index is 1.38. The second kappa shape index (κ2) is 21.8. The van der Waals surface area contributed by atoms with Crippen molar-refractivity contribution in [3.05, 3.63) is 0 Å². The average Bonchev–Trinajstić information content (AvgIpc) is 2.34. The van der Waals surface area contributed by atoms with E-state index in [1.54, 1.807) is 0 Å². The molecule has 0 bridgehead atoms. The molecule has 0 aliphatic rings. The van der Waals surface area contributed by atoms with Crippen molar-refractivity contribution < 1.29 is 32.6 Å². The summed E-state index contributed by atoms with van der Waals surface area (Å²) in [5, 5.41) is 21.5. The van der Waals surface area contributed by atoms with Crippen molar-refractivity contribution in [1.29, 1.82) is 0 Å². The van der Waals surface area contributed by atoms with E-state index in [1.165, 1.54) is 95.8 Å². The number of hydrogen-bond donors (Lipinski definition) is 5. The van der Waals surface area contributed by atoms with Gasteiger partial charge in [0.1, 0.15) is 0 Å². The van der Waals surface area contributed by atoms with Crippen molar-refractivity contribution in [1.82, 2.24) is 0 Å². The topological polar surface area (TPSA) is 135 Å². The van der Waals surface area contributed by atoms with Crippen LogP contribution < -0.4 is 0 Å². The van der Waals surface area contributed by atoms with E-state index in [-0.39, 0.29) is 0 Å². The van der Waals surface area contributed by atoms with E-state index >= 15 is 0 Å². The van der Waals surface area contributed by atoms with E-state index in [4.69, 9.17) is 32.6 Å². The molecule has 0 rings (SSSR count). The van der Waals surface area contributed by atoms with Gasteiger partial charge in [-0.05, 0) is 0 Å². The van der Waals surface area contributed by atoms with Gasteiger partial charge in [-0.1, -0.05) is 0 Å². The molecule has 0 aliphatic carbocycles. The van der Waals surface area contributed by atoms with Gasteiger partial charge in [-0.2, -0.15) is 8.42 Å². The second-order valence-corrected chi connectivity index (χ2v) is 6.87. The third-order valence-corrected chi connectivity index (χ3v) is 3.41. The van der Waals surface area contributed by atoms with Crippen LogP contribution in [0.4, 0.5) is 0 Å². The molecule has 0 heterocycles. The summed E-state index contributed by atoms with van der Waals surface area (Å²) in [6.45, 7) is 2.29. The molecule has 0 aromatic heterocycles. The molecule has 0 fully saturated rings. The minimum atomic E-state index is -4.67. The van der Waals surface area contributed by atoms with Crippen molar-refractivity contribution >= 4 is 45.7 Å². The zero-order valence-electron chi connectivity index (χ0n) is 13.8. The predicted octanol–water partition coefficient (Wildman–Crippen LogP) is 1.79. The fraction of sp³-hybridized carbons (Fsp3) is 1.00. The van der Waals surface area contributed by atoms with Crippen LogP contribution in [0.25, 0.3) is 0 Å². The molecule has 10 heteroatoms. The Morgan fingerprint density at radius 1 is 0.773 bits per heavy atom. The van der Waals surface area contributed by atoms with Gasteiger partial charge in [-0.3, -0.25) is 9.11 Å². The summed E-state index contributed by atoms with van der Waals surface area (Å²) >= 11 is 1.41. The molecule has 0 saturated carbocycles. The minimum Gasteiger partial charge on any atom is -0.402 e. The van der Waals surface area contributed by atoms with Gasteiger partial charge >= 0.3 is 120 Å². The van der Waals surface area contributed by atoms with Gasteiger partial charge in [0.15, 0.2) is 0 Å². The summed E-state index contributed by atoms with van der Waals surface area (Å²) in [5.74, 6) is 0. The molecule has 0 aliphatic heterocycles. The van der Waals surface area contributed by atoms with Crippen molar-refractivity contribution in [2.24, 2.45) is 0 Å². The quantitative estimate of drug-likeness (QED) is 0.230. The molecule has 7 nitrogen and oxygen atoms in total. The van der Waals surface area contributed by atoms with Crippen LogP contribution in [0.15, 0.2) is 0 Å². The Morgan fingerprint density at radius 3 is 1.23 bits per heavy atom. The SMILES string of the molecule is CCCCCCCCCCC[CH2][Na].O=S(=O)(O)O.OB(O)O. The van der Waals surface area contributed by atoms with Crippen LogP contribution in [0, 0.1) is 0 Å². The molecule has 5 N–H and O–H groups in total. The van der Waals surface area contributed by atoms with E-state index in [2.05, 4.69) is 6.92 Å². The first kappa shape index (κ1) is 27.7. The summed E-state index contributed by atoms with van der Waals surface area (Å²) in [6, 6.07) is 0. The number of rotatable bonds is 10. The molecule has 0 spiro atoms. The van der Waals surface area contributed by atoms with Gasteiger partial charge in [0.05, 0.1) is 0 Å². The first-order valence-electron chi connectivity index (χ1n) is 7.89. The summed E-state index contributed by atoms with van der Waals surface area (Å²) < 4.78 is 33.1. The Labute approximate surface area is 152 Å². The van der Waals surface area contributed by atoms with Gasteiger partial charge in [0.25, 0.3) is 0 Å². The first-order chi connectivity index (χ1) is 10.1. The number of hydrogen-bond acceptors (Lipinski definition) is 5. The smallest absolute Gasteiger partial charge is 0.402 e. The summed E-state index contributed by atoms with van der Waals surface area (Å²) in [5.41, 5.74) is 0. The molecule has 0 atom stereocenters. The van der Waals surface area contributed by atoms with Gasteiger partial charge in [-0.25, -0.2) is 0 Å². The van der Waals surface area contributed by atoms with Crippen LogP contribution in [0.2, 0.25) is 3.67 Å². The molecular weight excluding hydrogens is 322 g/mol. The van der Waals surface area contributed by atoms with Gasteiger partial charge in [-0.15, -0.1) is 0 Å². The maximum Gasteiger partial charge on any atom is 0.631 e. The first-order valence-corrected chi connectivity index (χ1v) is 10.7. The van der Waals surface area contributed by atoms with E-state index in [1.807, 2.05) is 0 Å². The standard InChI is InChI=1S/C12H25.BH3O3.Na.H2O4S/c1-3-5-7-9-11-12-10-8-6-4-2;2-1(3)4;;1-5(2,3)4/h1,3-12H2,2H3;2-4H;;(H2,1,2,3,4). The molecule has 0 aromatic carbocycles. The molecule has 0 unspecified atom stereocenters. The number of unbranched alkanes of at least 4 members (excludes halogenated alkanes) is 9. The van der Waals surface area contributed by atoms with E-state index < -0.39 is 17.7 Å².